The van der Waals surface area contributed by atoms with Crippen molar-refractivity contribution in [2.24, 2.45) is 4.99 Å². The number of esters is 1. The van der Waals surface area contributed by atoms with E-state index < -0.39 is 11.9 Å². The van der Waals surface area contributed by atoms with E-state index in [2.05, 4.69) is 31.2 Å². The van der Waals surface area contributed by atoms with Crippen molar-refractivity contribution >= 4 is 55.5 Å². The molecule has 0 fully saturated rings. The second kappa shape index (κ2) is 7.17. The molecule has 0 spiro atoms. The molecule has 0 saturated carbocycles. The Balaban J connectivity index is 1.78. The van der Waals surface area contributed by atoms with Gasteiger partial charge in [-0.3, -0.25) is 4.79 Å². The highest BCUT2D eigenvalue weighted by Gasteiger charge is 2.25. The Morgan fingerprint density at radius 1 is 1.25 bits per heavy atom. The monoisotopic (exact) mass is 457 g/mol. The summed E-state index contributed by atoms with van der Waals surface area (Å²) in [6.07, 6.45) is 0. The number of carbonyl (C=O) groups is 2. The van der Waals surface area contributed by atoms with Crippen molar-refractivity contribution in [1.82, 2.24) is 4.98 Å². The summed E-state index contributed by atoms with van der Waals surface area (Å²) in [6.45, 7) is 0. The summed E-state index contributed by atoms with van der Waals surface area (Å²) in [4.78, 5) is 32.8. The SMILES string of the molecule is COC(=O)c1ccccc1Nc1nc(O)c(C2=c3cc(Br)ccc3=NC2=O)s1. The number of hydrogen-bond acceptors (Lipinski definition) is 7. The van der Waals surface area contributed by atoms with Crippen LogP contribution in [0.25, 0.3) is 5.57 Å². The van der Waals surface area contributed by atoms with E-state index >= 15 is 0 Å². The van der Waals surface area contributed by atoms with Crippen molar-refractivity contribution in [3.63, 3.8) is 0 Å². The fourth-order valence-electron chi connectivity index (χ4n) is 2.83. The molecule has 1 aliphatic rings. The first-order chi connectivity index (χ1) is 13.5. The molecule has 9 heteroatoms. The number of aromatic nitrogens is 1. The van der Waals surface area contributed by atoms with Crippen molar-refractivity contribution in [3.05, 3.63) is 68.0 Å². The van der Waals surface area contributed by atoms with Crippen LogP contribution in [0.2, 0.25) is 0 Å². The van der Waals surface area contributed by atoms with Crippen molar-refractivity contribution in [1.29, 1.82) is 0 Å². The van der Waals surface area contributed by atoms with Gasteiger partial charge in [-0.2, -0.15) is 4.98 Å². The highest BCUT2D eigenvalue weighted by molar-refractivity contribution is 9.10. The molecule has 2 heterocycles. The molecule has 0 atom stereocenters. The fraction of sp³-hybridized carbons (Fsp3) is 0.0526. The maximum Gasteiger partial charge on any atom is 0.339 e. The van der Waals surface area contributed by atoms with Gasteiger partial charge >= 0.3 is 5.97 Å². The molecule has 2 N–H and O–H groups in total. The van der Waals surface area contributed by atoms with Crippen LogP contribution < -0.4 is 15.9 Å². The summed E-state index contributed by atoms with van der Waals surface area (Å²) in [5.74, 6) is -1.22. The van der Waals surface area contributed by atoms with Crippen LogP contribution >= 0.6 is 27.3 Å². The fourth-order valence-corrected chi connectivity index (χ4v) is 4.11. The van der Waals surface area contributed by atoms with Crippen LogP contribution in [0.4, 0.5) is 10.8 Å². The van der Waals surface area contributed by atoms with Gasteiger partial charge in [-0.15, -0.1) is 0 Å². The zero-order valence-electron chi connectivity index (χ0n) is 14.4. The second-order valence-corrected chi connectivity index (χ2v) is 7.70. The second-order valence-electron chi connectivity index (χ2n) is 5.79. The van der Waals surface area contributed by atoms with Crippen LogP contribution in [0, 0.1) is 0 Å². The molecule has 140 valence electrons. The minimum Gasteiger partial charge on any atom is -0.492 e. The number of aromatic hydroxyl groups is 1. The third kappa shape index (κ3) is 3.19. The number of carbonyl (C=O) groups excluding carboxylic acids is 2. The molecule has 4 rings (SSSR count). The standard InChI is InChI=1S/C19H12BrN3O4S/c1-27-18(26)10-4-2-3-5-12(10)22-19-23-17(25)15(28-19)14-11-8-9(20)6-7-13(11)21-16(14)24/h2-8,25H,1H3,(H,22,23). The molecule has 7 nitrogen and oxygen atoms in total. The van der Waals surface area contributed by atoms with E-state index in [0.29, 0.717) is 37.4 Å². The molecule has 1 amide bonds. The van der Waals surface area contributed by atoms with Crippen LogP contribution in [-0.2, 0) is 9.53 Å². The number of nitrogens with one attached hydrogen (secondary N) is 1. The molecule has 1 aliphatic heterocycles. The number of thiazole rings is 1. The van der Waals surface area contributed by atoms with Gasteiger partial charge in [-0.05, 0) is 30.3 Å². The summed E-state index contributed by atoms with van der Waals surface area (Å²) < 4.78 is 5.57. The van der Waals surface area contributed by atoms with Gasteiger partial charge in [0.1, 0.15) is 4.88 Å². The molecule has 2 aromatic carbocycles. The van der Waals surface area contributed by atoms with Crippen molar-refractivity contribution in [2.45, 2.75) is 0 Å². The Hall–Kier alpha value is -3.04. The number of hydrogen-bond donors (Lipinski definition) is 2. The van der Waals surface area contributed by atoms with E-state index in [1.54, 1.807) is 42.5 Å². The predicted octanol–water partition coefficient (Wildman–Crippen LogP) is 2.50. The van der Waals surface area contributed by atoms with Gasteiger partial charge in [0.25, 0.3) is 5.91 Å². The Morgan fingerprint density at radius 2 is 2.04 bits per heavy atom. The number of nitrogens with zero attached hydrogens (tertiary/aromatic N) is 2. The van der Waals surface area contributed by atoms with Gasteiger partial charge in [0.2, 0.25) is 5.88 Å². The summed E-state index contributed by atoms with van der Waals surface area (Å²) in [6, 6.07) is 12.1. The van der Waals surface area contributed by atoms with E-state index in [9.17, 15) is 14.7 Å². The van der Waals surface area contributed by atoms with Crippen LogP contribution in [0.3, 0.4) is 0 Å². The van der Waals surface area contributed by atoms with Gasteiger partial charge in [-0.25, -0.2) is 9.79 Å². The quantitative estimate of drug-likeness (QED) is 0.583. The number of para-hydroxylation sites is 1. The number of benzene rings is 2. The van der Waals surface area contributed by atoms with Gasteiger partial charge in [-0.1, -0.05) is 39.4 Å². The third-order valence-electron chi connectivity index (χ3n) is 4.07. The Kier molecular flexibility index (Phi) is 4.70. The minimum atomic E-state index is -0.498. The smallest absolute Gasteiger partial charge is 0.339 e. The number of ether oxygens (including phenoxy) is 1. The van der Waals surface area contributed by atoms with Gasteiger partial charge in [0, 0.05) is 9.69 Å². The highest BCUT2D eigenvalue weighted by atomic mass is 79.9. The number of anilines is 2. The molecule has 0 unspecified atom stereocenters. The van der Waals surface area contributed by atoms with E-state index in [0.717, 1.165) is 15.8 Å². The predicted molar refractivity (Wildman–Crippen MR) is 107 cm³/mol. The first kappa shape index (κ1) is 18.3. The number of methoxy groups -OCH3 is 1. The van der Waals surface area contributed by atoms with E-state index in [-0.39, 0.29) is 5.88 Å². The minimum absolute atomic E-state index is 0.283. The largest absolute Gasteiger partial charge is 0.492 e. The Labute approximate surface area is 171 Å². The molecule has 0 aliphatic carbocycles. The summed E-state index contributed by atoms with van der Waals surface area (Å²) in [7, 11) is 1.30. The van der Waals surface area contributed by atoms with E-state index in [1.165, 1.54) is 7.11 Å². The van der Waals surface area contributed by atoms with Crippen LogP contribution in [0.15, 0.2) is 51.9 Å². The molecule has 1 aromatic heterocycles. The lowest BCUT2D eigenvalue weighted by Gasteiger charge is -2.07. The summed E-state index contributed by atoms with van der Waals surface area (Å²) >= 11 is 4.48. The van der Waals surface area contributed by atoms with Crippen molar-refractivity contribution in [2.75, 3.05) is 12.4 Å². The summed E-state index contributed by atoms with van der Waals surface area (Å²) in [5, 5.41) is 14.8. The number of fused-ring (bicyclic) bond motifs is 1. The third-order valence-corrected chi connectivity index (χ3v) is 5.54. The topological polar surface area (TPSA) is 101 Å². The number of halogens is 1. The molecule has 0 radical (unpaired) electrons. The first-order valence-corrected chi connectivity index (χ1v) is 9.66. The summed E-state index contributed by atoms with van der Waals surface area (Å²) in [5.41, 5.74) is 1.10. The lowest BCUT2D eigenvalue weighted by atomic mass is 10.1. The van der Waals surface area contributed by atoms with E-state index in [4.69, 9.17) is 4.74 Å². The normalized spacial score (nSPS) is 12.5. The van der Waals surface area contributed by atoms with Crippen LogP contribution in [0.1, 0.15) is 15.2 Å². The van der Waals surface area contributed by atoms with Crippen molar-refractivity contribution in [3.8, 4) is 5.88 Å². The Bertz CT molecular complexity index is 1250. The zero-order valence-corrected chi connectivity index (χ0v) is 16.8. The molecular weight excluding hydrogens is 446 g/mol. The van der Waals surface area contributed by atoms with Gasteiger partial charge < -0.3 is 15.2 Å². The van der Waals surface area contributed by atoms with Crippen LogP contribution in [-0.4, -0.2) is 29.1 Å². The molecule has 0 saturated heterocycles. The maximum atomic E-state index is 12.4. The zero-order chi connectivity index (χ0) is 19.8. The molecular formula is C19H12BrN3O4S. The highest BCUT2D eigenvalue weighted by Crippen LogP contribution is 2.36. The van der Waals surface area contributed by atoms with Gasteiger partial charge in [0.05, 0.1) is 29.3 Å². The molecule has 3 aromatic rings. The number of amides is 1. The van der Waals surface area contributed by atoms with Gasteiger partial charge in [0.15, 0.2) is 5.13 Å². The first-order valence-electron chi connectivity index (χ1n) is 8.05. The Morgan fingerprint density at radius 3 is 2.82 bits per heavy atom. The lowest BCUT2D eigenvalue weighted by Crippen LogP contribution is -2.22. The maximum absolute atomic E-state index is 12.4. The lowest BCUT2D eigenvalue weighted by molar-refractivity contribution is -0.112. The van der Waals surface area contributed by atoms with Crippen LogP contribution in [0.5, 0.6) is 5.88 Å². The number of rotatable bonds is 4. The molecule has 0 bridgehead atoms. The van der Waals surface area contributed by atoms with Crippen molar-refractivity contribution < 1.29 is 19.4 Å². The van der Waals surface area contributed by atoms with E-state index in [1.807, 2.05) is 0 Å². The average Bonchev–Trinajstić information content (AvgIpc) is 3.19. The average molecular weight is 458 g/mol. The molecule has 28 heavy (non-hydrogen) atoms.